The Morgan fingerprint density at radius 2 is 1.76 bits per heavy atom. The van der Waals surface area contributed by atoms with Gasteiger partial charge in [0.1, 0.15) is 5.75 Å². The number of anilines is 1. The summed E-state index contributed by atoms with van der Waals surface area (Å²) in [6.45, 7) is 1.85. The number of aryl methyl sites for hydroxylation is 1. The molecule has 1 fully saturated rings. The van der Waals surface area contributed by atoms with Crippen LogP contribution in [0.15, 0.2) is 88.0 Å². The summed E-state index contributed by atoms with van der Waals surface area (Å²) < 4.78 is 0.159. The molecule has 8 heteroatoms. The van der Waals surface area contributed by atoms with Gasteiger partial charge in [0.15, 0.2) is 11.6 Å². The molecule has 6 nitrogen and oxygen atoms in total. The lowest BCUT2D eigenvalue weighted by Crippen LogP contribution is -2.39. The molecule has 4 atom stereocenters. The van der Waals surface area contributed by atoms with Crippen molar-refractivity contribution in [3.63, 3.8) is 0 Å². The van der Waals surface area contributed by atoms with Crippen molar-refractivity contribution in [2.75, 3.05) is 4.90 Å². The van der Waals surface area contributed by atoms with E-state index in [4.69, 9.17) is 11.6 Å². The molecule has 0 unspecified atom stereocenters. The molecule has 1 N–H and O–H groups in total. The fourth-order valence-electron chi connectivity index (χ4n) is 7.10. The van der Waals surface area contributed by atoms with Crippen molar-refractivity contribution in [2.24, 2.45) is 17.8 Å². The van der Waals surface area contributed by atoms with Crippen LogP contribution in [0.1, 0.15) is 29.9 Å². The lowest BCUT2D eigenvalue weighted by atomic mass is 9.59. The molecule has 2 amide bonds. The van der Waals surface area contributed by atoms with E-state index >= 15 is 0 Å². The second kappa shape index (κ2) is 9.36. The zero-order valence-electron chi connectivity index (χ0n) is 21.9. The van der Waals surface area contributed by atoms with Gasteiger partial charge in [0.05, 0.1) is 22.0 Å². The maximum Gasteiger partial charge on any atom is 0.238 e. The standard InChI is InChI=1S/C33H23BrClNO5/c1-15-6-8-17(12-24(15)35)36-32(40)20-10-9-19-21(27(20)33(36)41)13-22-29(26(38)14-23(34)31(22)39)30(19)28-18-5-3-2-4-16(18)7-11-25(28)37/h2-9,11-12,14,20-21,27,30,37H,10,13H2,1H3/t20-,21+,27-,30+/m0/s1. The highest BCUT2D eigenvalue weighted by atomic mass is 79.9. The third-order valence-electron chi connectivity index (χ3n) is 8.98. The van der Waals surface area contributed by atoms with Crippen LogP contribution in [0.4, 0.5) is 5.69 Å². The minimum Gasteiger partial charge on any atom is -0.508 e. The van der Waals surface area contributed by atoms with E-state index in [2.05, 4.69) is 15.9 Å². The Kier molecular flexibility index (Phi) is 5.96. The van der Waals surface area contributed by atoms with E-state index in [9.17, 15) is 24.3 Å². The number of rotatable bonds is 2. The van der Waals surface area contributed by atoms with Crippen LogP contribution in [-0.2, 0) is 19.2 Å². The van der Waals surface area contributed by atoms with E-state index < -0.39 is 23.7 Å². The Labute approximate surface area is 249 Å². The molecular formula is C33H23BrClNO5. The maximum atomic E-state index is 14.1. The van der Waals surface area contributed by atoms with Crippen LogP contribution in [0.25, 0.3) is 10.8 Å². The van der Waals surface area contributed by atoms with Crippen molar-refractivity contribution in [2.45, 2.75) is 25.7 Å². The summed E-state index contributed by atoms with van der Waals surface area (Å²) >= 11 is 9.61. The number of phenols is 1. The fourth-order valence-corrected chi connectivity index (χ4v) is 7.72. The number of hydrogen-bond acceptors (Lipinski definition) is 5. The first kappa shape index (κ1) is 26.1. The van der Waals surface area contributed by atoms with Gasteiger partial charge in [0, 0.05) is 33.7 Å². The van der Waals surface area contributed by atoms with E-state index in [0.29, 0.717) is 33.8 Å². The molecule has 204 valence electrons. The Balaban J connectivity index is 1.42. The fraction of sp³-hybridized carbons (Fsp3) is 0.212. The molecule has 7 rings (SSSR count). The Bertz CT molecular complexity index is 1850. The van der Waals surface area contributed by atoms with Gasteiger partial charge in [-0.1, -0.05) is 59.6 Å². The van der Waals surface area contributed by atoms with Crippen molar-refractivity contribution in [1.82, 2.24) is 0 Å². The average molecular weight is 629 g/mol. The molecule has 3 aromatic carbocycles. The van der Waals surface area contributed by atoms with E-state index in [1.165, 1.54) is 11.0 Å². The molecule has 4 aliphatic rings. The molecule has 0 saturated carbocycles. The van der Waals surface area contributed by atoms with Crippen LogP contribution in [0.5, 0.6) is 5.75 Å². The Hall–Kier alpha value is -3.81. The first-order chi connectivity index (χ1) is 19.7. The number of nitrogens with zero attached hydrogens (tertiary/aromatic N) is 1. The number of fused-ring (bicyclic) bond motifs is 4. The zero-order chi connectivity index (χ0) is 28.7. The largest absolute Gasteiger partial charge is 0.508 e. The molecule has 1 saturated heterocycles. The quantitative estimate of drug-likeness (QED) is 0.200. The summed E-state index contributed by atoms with van der Waals surface area (Å²) in [5, 5.41) is 13.3. The number of aromatic hydroxyl groups is 1. The van der Waals surface area contributed by atoms with Crippen LogP contribution in [0, 0.1) is 24.7 Å². The van der Waals surface area contributed by atoms with Crippen LogP contribution in [-0.4, -0.2) is 28.5 Å². The molecule has 1 heterocycles. The van der Waals surface area contributed by atoms with Crippen molar-refractivity contribution in [3.8, 4) is 5.75 Å². The molecule has 0 aromatic heterocycles. The molecular weight excluding hydrogens is 606 g/mol. The summed E-state index contributed by atoms with van der Waals surface area (Å²) in [5.41, 5.74) is 3.21. The Morgan fingerprint density at radius 3 is 2.54 bits per heavy atom. The first-order valence-electron chi connectivity index (χ1n) is 13.4. The SMILES string of the molecule is Cc1ccc(N2C(=O)[C@H]3[C@H](CC=C4[C@H](c5c(O)ccc6ccccc56)C5=C(C[C@H]43)C(=O)C(Br)=CC5=O)C2=O)cc1Cl. The van der Waals surface area contributed by atoms with Crippen LogP contribution in [0.2, 0.25) is 5.02 Å². The molecule has 0 bridgehead atoms. The van der Waals surface area contributed by atoms with Crippen molar-refractivity contribution < 1.29 is 24.3 Å². The highest BCUT2D eigenvalue weighted by molar-refractivity contribution is 9.12. The number of carbonyl (C=O) groups excluding carboxylic acids is 4. The predicted octanol–water partition coefficient (Wildman–Crippen LogP) is 6.47. The maximum absolute atomic E-state index is 14.1. The monoisotopic (exact) mass is 627 g/mol. The predicted molar refractivity (Wildman–Crippen MR) is 159 cm³/mol. The Morgan fingerprint density at radius 1 is 0.976 bits per heavy atom. The average Bonchev–Trinajstić information content (AvgIpc) is 3.22. The van der Waals surface area contributed by atoms with Crippen LogP contribution >= 0.6 is 27.5 Å². The second-order valence-electron chi connectivity index (χ2n) is 11.1. The minimum atomic E-state index is -0.741. The van der Waals surface area contributed by atoms with Gasteiger partial charge in [-0.3, -0.25) is 19.2 Å². The third kappa shape index (κ3) is 3.75. The summed E-state index contributed by atoms with van der Waals surface area (Å²) in [4.78, 5) is 56.1. The normalized spacial score (nSPS) is 25.7. The van der Waals surface area contributed by atoms with Crippen LogP contribution < -0.4 is 4.90 Å². The lowest BCUT2D eigenvalue weighted by molar-refractivity contribution is -0.123. The van der Waals surface area contributed by atoms with E-state index in [0.717, 1.165) is 21.9 Å². The van der Waals surface area contributed by atoms with Gasteiger partial charge < -0.3 is 5.11 Å². The van der Waals surface area contributed by atoms with Crippen molar-refractivity contribution >= 4 is 67.4 Å². The number of phenolic OH excluding ortho intramolecular Hbond substituents is 1. The van der Waals surface area contributed by atoms with Gasteiger partial charge in [-0.05, 0) is 76.1 Å². The minimum absolute atomic E-state index is 0.00263. The molecule has 41 heavy (non-hydrogen) atoms. The number of Topliss-reactive ketones (excluding diaryl/α,β-unsaturated/α-hetero) is 1. The molecule has 1 aliphatic heterocycles. The van der Waals surface area contributed by atoms with Gasteiger partial charge >= 0.3 is 0 Å². The lowest BCUT2D eigenvalue weighted by Gasteiger charge is -2.42. The molecule has 0 spiro atoms. The first-order valence-corrected chi connectivity index (χ1v) is 14.6. The number of ketones is 2. The molecule has 0 radical (unpaired) electrons. The van der Waals surface area contributed by atoms with E-state index in [1.807, 2.05) is 43.3 Å². The summed E-state index contributed by atoms with van der Waals surface area (Å²) in [6, 6.07) is 16.1. The molecule has 3 aromatic rings. The van der Waals surface area contributed by atoms with Crippen molar-refractivity contribution in [1.29, 1.82) is 0 Å². The van der Waals surface area contributed by atoms with Gasteiger partial charge in [-0.15, -0.1) is 0 Å². The smallest absolute Gasteiger partial charge is 0.238 e. The topological polar surface area (TPSA) is 91.8 Å². The third-order valence-corrected chi connectivity index (χ3v) is 9.98. The second-order valence-corrected chi connectivity index (χ2v) is 12.3. The van der Waals surface area contributed by atoms with Gasteiger partial charge in [-0.2, -0.15) is 0 Å². The molecule has 3 aliphatic carbocycles. The van der Waals surface area contributed by atoms with Crippen molar-refractivity contribution in [3.05, 3.63) is 104 Å². The summed E-state index contributed by atoms with van der Waals surface area (Å²) in [7, 11) is 0. The highest BCUT2D eigenvalue weighted by Gasteiger charge is 2.57. The van der Waals surface area contributed by atoms with Crippen LogP contribution in [0.3, 0.4) is 0 Å². The number of halogens is 2. The number of allylic oxidation sites excluding steroid dienone is 6. The van der Waals surface area contributed by atoms with E-state index in [1.54, 1.807) is 24.3 Å². The number of amides is 2. The van der Waals surface area contributed by atoms with Gasteiger partial charge in [-0.25, -0.2) is 4.90 Å². The highest BCUT2D eigenvalue weighted by Crippen LogP contribution is 2.57. The van der Waals surface area contributed by atoms with E-state index in [-0.39, 0.29) is 40.0 Å². The number of hydrogen-bond donors (Lipinski definition) is 1. The number of imide groups is 1. The number of carbonyl (C=O) groups is 4. The summed E-state index contributed by atoms with van der Waals surface area (Å²) in [6.07, 6.45) is 3.70. The number of benzene rings is 3. The zero-order valence-corrected chi connectivity index (χ0v) is 24.2. The summed E-state index contributed by atoms with van der Waals surface area (Å²) in [5.74, 6) is -3.83. The van der Waals surface area contributed by atoms with Gasteiger partial charge in [0.25, 0.3) is 0 Å². The van der Waals surface area contributed by atoms with Gasteiger partial charge in [0.2, 0.25) is 11.8 Å².